The van der Waals surface area contributed by atoms with Crippen molar-refractivity contribution in [3.05, 3.63) is 0 Å². The molecule has 0 aliphatic heterocycles. The van der Waals surface area contributed by atoms with E-state index in [4.69, 9.17) is 0 Å². The fourth-order valence-corrected chi connectivity index (χ4v) is 19.8. The van der Waals surface area contributed by atoms with Crippen molar-refractivity contribution in [2.24, 2.45) is 0 Å². The Labute approximate surface area is 128 Å². The summed E-state index contributed by atoms with van der Waals surface area (Å²) in [6, 6.07) is 0. The highest BCUT2D eigenvalue weighted by Gasteiger charge is 2.50. The summed E-state index contributed by atoms with van der Waals surface area (Å²) in [5, 5.41) is 0. The molecular weight excluding hydrogens is 727 g/mol. The first-order valence-electron chi connectivity index (χ1n) is 2.64. The Morgan fingerprint density at radius 3 is 1.20 bits per heavy atom. The van der Waals surface area contributed by atoms with Crippen molar-refractivity contribution in [1.82, 2.24) is 0 Å². The van der Waals surface area contributed by atoms with Gasteiger partial charge < -0.3 is 0 Å². The molecule has 0 fully saturated rings. The summed E-state index contributed by atoms with van der Waals surface area (Å²) in [4.78, 5) is 0. The first-order valence-corrected chi connectivity index (χ1v) is 23.3. The molecule has 0 aromatic rings. The first kappa shape index (κ1) is 14.1. The molecule has 0 nitrogen and oxygen atoms in total. The minimum Gasteiger partial charge on any atom is -0.105 e. The van der Waals surface area contributed by atoms with Crippen molar-refractivity contribution in [2.45, 2.75) is 19.4 Å². The van der Waals surface area contributed by atoms with Crippen LogP contribution in [-0.2, 0) is 0 Å². The normalized spacial score (nSPS) is 14.4. The van der Waals surface area contributed by atoms with Crippen LogP contribution in [0, 0.1) is 0 Å². The zero-order valence-corrected chi connectivity index (χ0v) is 18.3. The Morgan fingerprint density at radius 1 is 0.900 bits per heavy atom. The van der Waals surface area contributed by atoms with Crippen LogP contribution < -0.4 is 0 Å². The van der Waals surface area contributed by atoms with Crippen molar-refractivity contribution in [2.75, 3.05) is 0 Å². The summed E-state index contributed by atoms with van der Waals surface area (Å²) in [6.07, 6.45) is 0. The lowest BCUT2D eigenvalue weighted by atomic mass is 10.6. The topological polar surface area (TPSA) is 0 Å². The molecule has 0 heterocycles. The zero-order valence-electron chi connectivity index (χ0n) is 5.47. The second kappa shape index (κ2) is 5.25. The minimum absolute atomic E-state index is 0.908. The summed E-state index contributed by atoms with van der Waals surface area (Å²) < 4.78 is -1.87. The molecule has 0 spiro atoms. The fraction of sp³-hybridized carbons (Fsp3) is 1.00. The van der Waals surface area contributed by atoms with Crippen LogP contribution in [0.2, 0.25) is 5.54 Å². The summed E-state index contributed by atoms with van der Waals surface area (Å²) >= 11 is 13.6. The molecule has 0 aromatic carbocycles. The fourth-order valence-electron chi connectivity index (χ4n) is 0.327. The van der Waals surface area contributed by atoms with Gasteiger partial charge in [-0.25, -0.2) is 0 Å². The third-order valence-electron chi connectivity index (χ3n) is 1.10. The Bertz CT molecular complexity index is 117. The van der Waals surface area contributed by atoms with E-state index in [9.17, 15) is 0 Å². The van der Waals surface area contributed by atoms with E-state index in [-0.39, 0.29) is 0 Å². The highest BCUT2D eigenvalue weighted by atomic mass is 127. The van der Waals surface area contributed by atoms with Crippen molar-refractivity contribution < 1.29 is 0 Å². The molecule has 0 aliphatic rings. The highest BCUT2D eigenvalue weighted by Crippen LogP contribution is 2.51. The van der Waals surface area contributed by atoms with E-state index in [0.29, 0.717) is 0 Å². The summed E-state index contributed by atoms with van der Waals surface area (Å²) in [7, 11) is 0. The molecule has 7 heteroatoms. The van der Waals surface area contributed by atoms with E-state index in [0.717, 1.165) is 5.54 Å². The molecular formula is C3H7I5Si2. The molecule has 0 bridgehead atoms. The summed E-state index contributed by atoms with van der Waals surface area (Å²) in [6.45, 7) is 4.73. The molecule has 0 radical (unpaired) electrons. The van der Waals surface area contributed by atoms with Crippen molar-refractivity contribution in [3.63, 3.8) is 0 Å². The maximum absolute atomic E-state index is 2.74. The van der Waals surface area contributed by atoms with E-state index in [1.54, 1.807) is 0 Å². The van der Waals surface area contributed by atoms with Gasteiger partial charge >= 0.3 is 0 Å². The maximum atomic E-state index is 2.74. The lowest BCUT2D eigenvalue weighted by Gasteiger charge is -2.28. The van der Waals surface area contributed by atoms with Gasteiger partial charge in [-0.1, -0.05) is 79.2 Å². The average Bonchev–Trinajstić information content (AvgIpc) is 1.62. The van der Waals surface area contributed by atoms with Gasteiger partial charge in [0, 0.05) is 0 Å². The molecule has 0 N–H and O–H groups in total. The van der Waals surface area contributed by atoms with Gasteiger partial charge in [0.05, 0.1) is 0 Å². The molecule has 0 saturated heterocycles. The smallest absolute Gasteiger partial charge is 0.105 e. The van der Waals surface area contributed by atoms with Crippen LogP contribution in [0.4, 0.5) is 0 Å². The van der Waals surface area contributed by atoms with Gasteiger partial charge in [0.15, 0.2) is 0 Å². The molecule has 0 saturated carbocycles. The Morgan fingerprint density at radius 2 is 1.20 bits per heavy atom. The molecule has 0 rings (SSSR count). The predicted molar refractivity (Wildman–Crippen MR) is 96.7 cm³/mol. The van der Waals surface area contributed by atoms with Crippen molar-refractivity contribution in [1.29, 1.82) is 0 Å². The van der Waals surface area contributed by atoms with Gasteiger partial charge in [0.2, 0.25) is 2.58 Å². The lowest BCUT2D eigenvalue weighted by molar-refractivity contribution is 1.07. The summed E-state index contributed by atoms with van der Waals surface area (Å²) in [5.41, 5.74) is 0.908. The Hall–Kier alpha value is 4.08. The van der Waals surface area contributed by atoms with Crippen molar-refractivity contribution >= 4 is 112 Å². The van der Waals surface area contributed by atoms with Gasteiger partial charge in [-0.2, -0.15) is 0 Å². The van der Waals surface area contributed by atoms with E-state index >= 15 is 0 Å². The second-order valence-corrected chi connectivity index (χ2v) is 75.1. The van der Waals surface area contributed by atoms with E-state index in [1.807, 2.05) is 0 Å². The molecule has 0 aliphatic carbocycles. The minimum atomic E-state index is -0.943. The monoisotopic (exact) mass is 734 g/mol. The van der Waals surface area contributed by atoms with Gasteiger partial charge in [0.1, 0.15) is 0 Å². The maximum Gasteiger partial charge on any atom is 0.264 e. The lowest BCUT2D eigenvalue weighted by Crippen LogP contribution is -2.41. The average molecular weight is 734 g/mol. The van der Waals surface area contributed by atoms with Crippen LogP contribution >= 0.6 is 109 Å². The zero-order chi connectivity index (χ0) is 8.58. The number of hydrogen-bond acceptors (Lipinski definition) is 0. The highest BCUT2D eigenvalue weighted by molar-refractivity contribution is 14.4. The van der Waals surface area contributed by atoms with Gasteiger partial charge in [-0.05, 0) is 5.54 Å². The standard InChI is InChI=1S/C3H7I5Si2/c1-3(2)9(4,5)10(6,7)8/h3H,1-2H3. The Balaban J connectivity index is 4.40. The molecule has 0 atom stereocenters. The van der Waals surface area contributed by atoms with Gasteiger partial charge in [-0.15, -0.1) is 43.6 Å². The molecule has 10 heavy (non-hydrogen) atoms. The third kappa shape index (κ3) is 4.08. The first-order chi connectivity index (χ1) is 4.19. The largest absolute Gasteiger partial charge is 0.264 e. The molecule has 62 valence electrons. The number of halogens is 5. The van der Waals surface area contributed by atoms with Crippen LogP contribution in [0.15, 0.2) is 0 Å². The van der Waals surface area contributed by atoms with E-state index < -0.39 is 2.67 Å². The second-order valence-electron chi connectivity index (χ2n) is 2.28. The number of hydrogen-bond donors (Lipinski definition) is 0. The predicted octanol–water partition coefficient (Wildman–Crippen LogP) is 5.03. The van der Waals surface area contributed by atoms with E-state index in [2.05, 4.69) is 123 Å². The molecule has 0 amide bonds. The van der Waals surface area contributed by atoms with Crippen LogP contribution in [0.25, 0.3) is 0 Å². The van der Waals surface area contributed by atoms with Crippen LogP contribution in [0.1, 0.15) is 13.8 Å². The molecule has 0 unspecified atom stereocenters. The van der Waals surface area contributed by atoms with Gasteiger partial charge in [-0.3, -0.25) is 0 Å². The van der Waals surface area contributed by atoms with Crippen LogP contribution in [-0.4, -0.2) is 2.67 Å². The SMILES string of the molecule is CC(C)[Si](I)(I)[Si](I)(I)I. The van der Waals surface area contributed by atoms with Crippen LogP contribution in [0.5, 0.6) is 0 Å². The van der Waals surface area contributed by atoms with Crippen molar-refractivity contribution in [3.8, 4) is 0 Å². The quantitative estimate of drug-likeness (QED) is 0.213. The summed E-state index contributed by atoms with van der Waals surface area (Å²) in [5.74, 6) is 0. The van der Waals surface area contributed by atoms with E-state index in [1.165, 1.54) is 0 Å². The van der Waals surface area contributed by atoms with Crippen LogP contribution in [0.3, 0.4) is 0 Å². The third-order valence-corrected chi connectivity index (χ3v) is 108. The molecule has 0 aromatic heterocycles. The Kier molecular flexibility index (Phi) is 7.39. The van der Waals surface area contributed by atoms with Gasteiger partial charge in [0.25, 0.3) is 0.0813 Å². The number of rotatable bonds is 2.